The van der Waals surface area contributed by atoms with E-state index >= 15 is 0 Å². The maximum Gasteiger partial charge on any atom is 0.306 e. The van der Waals surface area contributed by atoms with Crippen LogP contribution in [0.5, 0.6) is 5.75 Å². The molecule has 3 nitrogen and oxygen atoms in total. The molecule has 0 aliphatic rings. The van der Waals surface area contributed by atoms with Crippen molar-refractivity contribution in [2.75, 3.05) is 6.61 Å². The molecule has 0 fully saturated rings. The molecule has 0 aromatic heterocycles. The van der Waals surface area contributed by atoms with Crippen LogP contribution in [0.4, 0.5) is 0 Å². The van der Waals surface area contributed by atoms with Gasteiger partial charge in [0.05, 0.1) is 12.5 Å². The third kappa shape index (κ3) is 4.58. The summed E-state index contributed by atoms with van der Waals surface area (Å²) in [5.74, 6) is 0.191. The molecule has 0 radical (unpaired) electrons. The Morgan fingerprint density at radius 3 is 2.53 bits per heavy atom. The summed E-state index contributed by atoms with van der Waals surface area (Å²) >= 11 is 0. The molecule has 1 aromatic rings. The normalized spacial score (nSPS) is 14.2. The molecule has 1 aromatic carbocycles. The van der Waals surface area contributed by atoms with Gasteiger partial charge in [-0.2, -0.15) is 0 Å². The van der Waals surface area contributed by atoms with Gasteiger partial charge in [-0.1, -0.05) is 39.8 Å². The second-order valence-electron chi connectivity index (χ2n) is 5.42. The van der Waals surface area contributed by atoms with Crippen molar-refractivity contribution in [1.29, 1.82) is 0 Å². The van der Waals surface area contributed by atoms with E-state index in [4.69, 9.17) is 9.84 Å². The molecule has 0 aliphatic carbocycles. The lowest BCUT2D eigenvalue weighted by atomic mass is 9.85. The van der Waals surface area contributed by atoms with Gasteiger partial charge in [-0.25, -0.2) is 0 Å². The fourth-order valence-electron chi connectivity index (χ4n) is 2.15. The molecule has 0 saturated heterocycles. The van der Waals surface area contributed by atoms with Crippen LogP contribution in [0.1, 0.15) is 45.6 Å². The van der Waals surface area contributed by atoms with Gasteiger partial charge in [0.25, 0.3) is 0 Å². The second-order valence-corrected chi connectivity index (χ2v) is 5.42. The predicted octanol–water partition coefficient (Wildman–Crippen LogP) is 3.94. The summed E-state index contributed by atoms with van der Waals surface area (Å²) in [5, 5.41) is 9.16. The van der Waals surface area contributed by atoms with E-state index in [0.29, 0.717) is 12.5 Å². The average molecular weight is 264 g/mol. The van der Waals surface area contributed by atoms with E-state index in [1.54, 1.807) is 6.92 Å². The summed E-state index contributed by atoms with van der Waals surface area (Å²) < 4.78 is 5.70. The van der Waals surface area contributed by atoms with Gasteiger partial charge >= 0.3 is 5.97 Å². The molecule has 0 heterocycles. The lowest BCUT2D eigenvalue weighted by molar-refractivity contribution is -0.141. The standard InChI is InChI=1S/C16H24O3/c1-5-15(12(4)16(17)18)13-7-6-8-14(9-13)19-10-11(2)3/h6-9,11-12,15H,5,10H2,1-4H3,(H,17,18)/t12-,15+/m1/s1. The molecular formula is C16H24O3. The number of ether oxygens (including phenoxy) is 1. The Hall–Kier alpha value is -1.51. The van der Waals surface area contributed by atoms with Crippen molar-refractivity contribution in [1.82, 2.24) is 0 Å². The molecule has 1 N–H and O–H groups in total. The molecular weight excluding hydrogens is 240 g/mol. The summed E-state index contributed by atoms with van der Waals surface area (Å²) in [4.78, 5) is 11.1. The van der Waals surface area contributed by atoms with Crippen molar-refractivity contribution in [3.63, 3.8) is 0 Å². The first kappa shape index (κ1) is 15.5. The molecule has 1 rings (SSSR count). The zero-order chi connectivity index (χ0) is 14.4. The zero-order valence-corrected chi connectivity index (χ0v) is 12.2. The minimum absolute atomic E-state index is 0.0279. The fraction of sp³-hybridized carbons (Fsp3) is 0.562. The maximum absolute atomic E-state index is 11.1. The minimum Gasteiger partial charge on any atom is -0.493 e. The van der Waals surface area contributed by atoms with Gasteiger partial charge < -0.3 is 9.84 Å². The first-order valence-electron chi connectivity index (χ1n) is 6.91. The van der Waals surface area contributed by atoms with E-state index in [0.717, 1.165) is 17.7 Å². The molecule has 3 heteroatoms. The van der Waals surface area contributed by atoms with Gasteiger partial charge in [-0.05, 0) is 36.0 Å². The molecule has 2 atom stereocenters. The number of carbonyl (C=O) groups is 1. The van der Waals surface area contributed by atoms with E-state index in [1.165, 1.54) is 0 Å². The van der Waals surface area contributed by atoms with Crippen LogP contribution >= 0.6 is 0 Å². The molecule has 19 heavy (non-hydrogen) atoms. The Morgan fingerprint density at radius 1 is 1.32 bits per heavy atom. The van der Waals surface area contributed by atoms with Crippen LogP contribution in [0.2, 0.25) is 0 Å². The van der Waals surface area contributed by atoms with E-state index < -0.39 is 5.97 Å². The van der Waals surface area contributed by atoms with Gasteiger partial charge in [-0.3, -0.25) is 4.79 Å². The Morgan fingerprint density at radius 2 is 2.00 bits per heavy atom. The van der Waals surface area contributed by atoms with Crippen LogP contribution in [0.25, 0.3) is 0 Å². The van der Waals surface area contributed by atoms with Crippen LogP contribution in [-0.2, 0) is 4.79 Å². The lowest BCUT2D eigenvalue weighted by Crippen LogP contribution is -2.18. The largest absolute Gasteiger partial charge is 0.493 e. The maximum atomic E-state index is 11.1. The predicted molar refractivity (Wildman–Crippen MR) is 76.6 cm³/mol. The van der Waals surface area contributed by atoms with Crippen LogP contribution in [0.15, 0.2) is 24.3 Å². The third-order valence-corrected chi connectivity index (χ3v) is 3.30. The van der Waals surface area contributed by atoms with E-state index in [9.17, 15) is 4.79 Å². The van der Waals surface area contributed by atoms with Gasteiger partial charge in [0, 0.05) is 0 Å². The summed E-state index contributed by atoms with van der Waals surface area (Å²) in [6, 6.07) is 7.80. The monoisotopic (exact) mass is 264 g/mol. The third-order valence-electron chi connectivity index (χ3n) is 3.30. The van der Waals surface area contributed by atoms with Crippen LogP contribution < -0.4 is 4.74 Å². The van der Waals surface area contributed by atoms with Crippen molar-refractivity contribution < 1.29 is 14.6 Å². The fourth-order valence-corrected chi connectivity index (χ4v) is 2.15. The quantitative estimate of drug-likeness (QED) is 0.811. The first-order valence-corrected chi connectivity index (χ1v) is 6.91. The van der Waals surface area contributed by atoms with Crippen molar-refractivity contribution in [2.45, 2.75) is 40.0 Å². The number of aliphatic carboxylic acids is 1. The smallest absolute Gasteiger partial charge is 0.306 e. The highest BCUT2D eigenvalue weighted by atomic mass is 16.5. The van der Waals surface area contributed by atoms with E-state index in [2.05, 4.69) is 13.8 Å². The van der Waals surface area contributed by atoms with Gasteiger partial charge in [0.2, 0.25) is 0 Å². The molecule has 0 amide bonds. The zero-order valence-electron chi connectivity index (χ0n) is 12.2. The first-order chi connectivity index (χ1) is 8.95. The minimum atomic E-state index is -0.750. The Bertz CT molecular complexity index is 412. The van der Waals surface area contributed by atoms with Gasteiger partial charge in [0.15, 0.2) is 0 Å². The topological polar surface area (TPSA) is 46.5 Å². The van der Waals surface area contributed by atoms with Gasteiger partial charge in [-0.15, -0.1) is 0 Å². The van der Waals surface area contributed by atoms with E-state index in [1.807, 2.05) is 31.2 Å². The molecule has 0 aliphatic heterocycles. The SMILES string of the molecule is CC[C@H](c1cccc(OCC(C)C)c1)[C@@H](C)C(=O)O. The molecule has 0 unspecified atom stereocenters. The highest BCUT2D eigenvalue weighted by Crippen LogP contribution is 2.30. The van der Waals surface area contributed by atoms with Crippen molar-refractivity contribution >= 4 is 5.97 Å². The number of rotatable bonds is 7. The van der Waals surface area contributed by atoms with Crippen molar-refractivity contribution in [2.24, 2.45) is 11.8 Å². The number of carboxylic acid groups (broad SMARTS) is 1. The Balaban J connectivity index is 2.86. The lowest BCUT2D eigenvalue weighted by Gasteiger charge is -2.20. The molecule has 0 spiro atoms. The summed E-state index contributed by atoms with van der Waals surface area (Å²) in [5.41, 5.74) is 1.04. The molecule has 0 bridgehead atoms. The summed E-state index contributed by atoms with van der Waals surface area (Å²) in [6.45, 7) is 8.66. The van der Waals surface area contributed by atoms with Crippen LogP contribution in [0, 0.1) is 11.8 Å². The number of carboxylic acids is 1. The Kier molecular flexibility index (Phi) is 5.87. The number of benzene rings is 1. The van der Waals surface area contributed by atoms with Crippen LogP contribution in [0.3, 0.4) is 0 Å². The second kappa shape index (κ2) is 7.17. The highest BCUT2D eigenvalue weighted by Gasteiger charge is 2.23. The summed E-state index contributed by atoms with van der Waals surface area (Å²) in [7, 11) is 0. The van der Waals surface area contributed by atoms with Crippen LogP contribution in [-0.4, -0.2) is 17.7 Å². The number of hydrogen-bond acceptors (Lipinski definition) is 2. The average Bonchev–Trinajstić information content (AvgIpc) is 2.37. The molecule has 0 saturated carbocycles. The van der Waals surface area contributed by atoms with E-state index in [-0.39, 0.29) is 11.8 Å². The Labute approximate surface area is 115 Å². The van der Waals surface area contributed by atoms with Gasteiger partial charge in [0.1, 0.15) is 5.75 Å². The molecule has 106 valence electrons. The number of hydrogen-bond donors (Lipinski definition) is 1. The summed E-state index contributed by atoms with van der Waals surface area (Å²) in [6.07, 6.45) is 0.807. The highest BCUT2D eigenvalue weighted by molar-refractivity contribution is 5.71. The van der Waals surface area contributed by atoms with Crippen molar-refractivity contribution in [3.8, 4) is 5.75 Å². The van der Waals surface area contributed by atoms with Crippen molar-refractivity contribution in [3.05, 3.63) is 29.8 Å².